The summed E-state index contributed by atoms with van der Waals surface area (Å²) in [5.74, 6) is 1.86. The summed E-state index contributed by atoms with van der Waals surface area (Å²) < 4.78 is 6.53. The molecule has 0 fully saturated rings. The van der Waals surface area contributed by atoms with E-state index in [-0.39, 0.29) is 5.41 Å². The smallest absolute Gasteiger partial charge is 0.164 e. The fourth-order valence-corrected chi connectivity index (χ4v) is 9.56. The van der Waals surface area contributed by atoms with Crippen LogP contribution in [0.15, 0.2) is 168 Å². The first-order valence-electron chi connectivity index (χ1n) is 20.7. The molecule has 3 aromatic heterocycles. The third-order valence-electron chi connectivity index (χ3n) is 12.6. The van der Waals surface area contributed by atoms with Crippen molar-refractivity contribution in [1.29, 1.82) is 0 Å². The van der Waals surface area contributed by atoms with E-state index in [0.717, 1.165) is 68.4 Å². The van der Waals surface area contributed by atoms with E-state index in [2.05, 4.69) is 141 Å². The first-order valence-corrected chi connectivity index (χ1v) is 20.7. The van der Waals surface area contributed by atoms with Gasteiger partial charge in [-0.25, -0.2) is 19.9 Å². The van der Waals surface area contributed by atoms with Crippen LogP contribution < -0.4 is 0 Å². The highest BCUT2D eigenvalue weighted by Crippen LogP contribution is 2.50. The summed E-state index contributed by atoms with van der Waals surface area (Å²) >= 11 is 0. The molecular weight excluding hydrogens is 733 g/mol. The Hall–Kier alpha value is -7.50. The monoisotopic (exact) mass is 770 g/mol. The Bertz CT molecular complexity index is 3400. The largest absolute Gasteiger partial charge is 0.454 e. The van der Waals surface area contributed by atoms with Crippen molar-refractivity contribution in [2.75, 3.05) is 0 Å². The SMILES string of the molecule is CC1(C)c2ccccc2-c2ccc(-c3cccc4cc(-c5nc(-c6ccccc6)nc(-c6ccc(-c7nc8c(c9c7oc7ccccc79)CCC=C8)cc6)n5)ccc34)cc21. The molecule has 60 heavy (non-hydrogen) atoms. The van der Waals surface area contributed by atoms with Gasteiger partial charge in [0.15, 0.2) is 23.1 Å². The second-order valence-corrected chi connectivity index (χ2v) is 16.5. The standard InChI is InChI=1S/C55H38N4O/c1-55(2)45-20-9-6-16-41(45)42-30-27-37(32-46(42)55)39-19-12-15-36-31-38(28-29-40(36)39)54-58-52(34-13-4-3-5-14-34)57-53(59-54)35-25-23-33(24-26-35)50-51-49(43-17-7-10-21-47(43)56-50)44-18-8-11-22-48(44)60-51/h3-6,8-16,18-32H,7,17H2,1-2H3. The molecule has 0 N–H and O–H groups in total. The second kappa shape index (κ2) is 13.3. The van der Waals surface area contributed by atoms with E-state index >= 15 is 0 Å². The van der Waals surface area contributed by atoms with E-state index in [4.69, 9.17) is 24.4 Å². The van der Waals surface area contributed by atoms with E-state index in [1.165, 1.54) is 49.7 Å². The molecule has 5 nitrogen and oxygen atoms in total. The number of nitrogens with zero attached hydrogens (tertiary/aromatic N) is 4. The zero-order valence-corrected chi connectivity index (χ0v) is 33.3. The van der Waals surface area contributed by atoms with Crippen LogP contribution in [0.4, 0.5) is 0 Å². The summed E-state index contributed by atoms with van der Waals surface area (Å²) in [7, 11) is 0. The molecule has 0 radical (unpaired) electrons. The predicted molar refractivity (Wildman–Crippen MR) is 245 cm³/mol. The van der Waals surface area contributed by atoms with Gasteiger partial charge in [0.2, 0.25) is 0 Å². The number of hydrogen-bond acceptors (Lipinski definition) is 5. The molecule has 284 valence electrons. The minimum atomic E-state index is -0.0661. The molecule has 0 atom stereocenters. The van der Waals surface area contributed by atoms with E-state index in [1.54, 1.807) is 0 Å². The predicted octanol–water partition coefficient (Wildman–Crippen LogP) is 13.9. The van der Waals surface area contributed by atoms with Gasteiger partial charge in [0.25, 0.3) is 0 Å². The second-order valence-electron chi connectivity index (χ2n) is 16.5. The van der Waals surface area contributed by atoms with Crippen LogP contribution in [0.25, 0.3) is 106 Å². The first kappa shape index (κ1) is 34.5. The molecule has 0 spiro atoms. The maximum Gasteiger partial charge on any atom is 0.164 e. The molecule has 0 unspecified atom stereocenters. The summed E-state index contributed by atoms with van der Waals surface area (Å²) in [5, 5.41) is 4.62. The van der Waals surface area contributed by atoms with Gasteiger partial charge in [-0.1, -0.05) is 159 Å². The lowest BCUT2D eigenvalue weighted by Gasteiger charge is -2.22. The third kappa shape index (κ3) is 5.39. The molecule has 0 saturated carbocycles. The van der Waals surface area contributed by atoms with Crippen molar-refractivity contribution >= 4 is 38.8 Å². The molecule has 0 bridgehead atoms. The van der Waals surface area contributed by atoms with Crippen LogP contribution in [0.2, 0.25) is 0 Å². The normalized spacial score (nSPS) is 13.8. The van der Waals surface area contributed by atoms with E-state index in [9.17, 15) is 0 Å². The molecule has 2 aliphatic rings. The summed E-state index contributed by atoms with van der Waals surface area (Å²) in [6.45, 7) is 4.67. The van der Waals surface area contributed by atoms with Crippen molar-refractivity contribution in [2.45, 2.75) is 32.1 Å². The Balaban J connectivity index is 0.943. The maximum atomic E-state index is 6.53. The quantitative estimate of drug-likeness (QED) is 0.174. The number of fused-ring (bicyclic) bond motifs is 9. The minimum Gasteiger partial charge on any atom is -0.454 e. The van der Waals surface area contributed by atoms with Gasteiger partial charge in [0.1, 0.15) is 11.3 Å². The molecule has 3 heterocycles. The van der Waals surface area contributed by atoms with Crippen LogP contribution in [0.1, 0.15) is 42.7 Å². The lowest BCUT2D eigenvalue weighted by Crippen LogP contribution is -2.14. The zero-order chi connectivity index (χ0) is 40.0. The van der Waals surface area contributed by atoms with Crippen LogP contribution in [-0.2, 0) is 11.8 Å². The molecule has 7 aromatic carbocycles. The molecule has 0 saturated heterocycles. The van der Waals surface area contributed by atoms with Gasteiger partial charge in [-0.15, -0.1) is 0 Å². The third-order valence-corrected chi connectivity index (χ3v) is 12.6. The van der Waals surface area contributed by atoms with Gasteiger partial charge in [-0.3, -0.25) is 0 Å². The van der Waals surface area contributed by atoms with E-state index < -0.39 is 0 Å². The summed E-state index contributed by atoms with van der Waals surface area (Å²) in [4.78, 5) is 20.4. The van der Waals surface area contributed by atoms with Crippen molar-refractivity contribution in [3.05, 3.63) is 186 Å². The van der Waals surface area contributed by atoms with Crippen molar-refractivity contribution in [1.82, 2.24) is 19.9 Å². The van der Waals surface area contributed by atoms with Gasteiger partial charge in [-0.2, -0.15) is 0 Å². The van der Waals surface area contributed by atoms with Gasteiger partial charge in [-0.05, 0) is 86.8 Å². The highest BCUT2D eigenvalue weighted by atomic mass is 16.3. The minimum absolute atomic E-state index is 0.0661. The molecule has 5 heteroatoms. The number of allylic oxidation sites excluding steroid dienone is 1. The van der Waals surface area contributed by atoms with E-state index in [0.29, 0.717) is 17.5 Å². The molecule has 2 aliphatic carbocycles. The Kier molecular flexibility index (Phi) is 7.64. The Morgan fingerprint density at radius 1 is 0.500 bits per heavy atom. The van der Waals surface area contributed by atoms with Crippen LogP contribution in [-0.4, -0.2) is 19.9 Å². The Labute approximate surface area is 347 Å². The number of benzene rings is 7. The first-order chi connectivity index (χ1) is 29.5. The van der Waals surface area contributed by atoms with Crippen LogP contribution >= 0.6 is 0 Å². The number of aryl methyl sites for hydroxylation is 1. The average Bonchev–Trinajstić information content (AvgIpc) is 3.81. The Morgan fingerprint density at radius 3 is 2.02 bits per heavy atom. The van der Waals surface area contributed by atoms with Gasteiger partial charge in [0.05, 0.1) is 5.69 Å². The van der Waals surface area contributed by atoms with Crippen molar-refractivity contribution in [2.24, 2.45) is 0 Å². The van der Waals surface area contributed by atoms with Gasteiger partial charge in [0, 0.05) is 38.4 Å². The van der Waals surface area contributed by atoms with E-state index in [1.807, 2.05) is 42.5 Å². The Morgan fingerprint density at radius 2 is 1.17 bits per heavy atom. The molecule has 10 aromatic rings. The number of rotatable bonds is 5. The number of furan rings is 1. The van der Waals surface area contributed by atoms with Crippen LogP contribution in [0.5, 0.6) is 0 Å². The number of para-hydroxylation sites is 1. The topological polar surface area (TPSA) is 64.7 Å². The van der Waals surface area contributed by atoms with Crippen LogP contribution in [0, 0.1) is 0 Å². The lowest BCUT2D eigenvalue weighted by molar-refractivity contribution is 0.660. The average molecular weight is 771 g/mol. The molecule has 0 amide bonds. The number of pyridine rings is 1. The summed E-state index contributed by atoms with van der Waals surface area (Å²) in [5.41, 5.74) is 16.3. The summed E-state index contributed by atoms with van der Waals surface area (Å²) in [6.07, 6.45) is 6.31. The fraction of sp³-hybridized carbons (Fsp3) is 0.0909. The van der Waals surface area contributed by atoms with Crippen molar-refractivity contribution < 1.29 is 4.42 Å². The fourth-order valence-electron chi connectivity index (χ4n) is 9.56. The lowest BCUT2D eigenvalue weighted by atomic mass is 9.81. The highest BCUT2D eigenvalue weighted by molar-refractivity contribution is 6.11. The van der Waals surface area contributed by atoms with Crippen molar-refractivity contribution in [3.8, 4) is 67.7 Å². The highest BCUT2D eigenvalue weighted by Gasteiger charge is 2.35. The molecular formula is C55H38N4O. The molecule has 0 aliphatic heterocycles. The maximum absolute atomic E-state index is 6.53. The van der Waals surface area contributed by atoms with Crippen molar-refractivity contribution in [3.63, 3.8) is 0 Å². The zero-order valence-electron chi connectivity index (χ0n) is 33.3. The number of aromatic nitrogens is 4. The number of hydrogen-bond donors (Lipinski definition) is 0. The van der Waals surface area contributed by atoms with Gasteiger partial charge < -0.3 is 4.42 Å². The van der Waals surface area contributed by atoms with Gasteiger partial charge >= 0.3 is 0 Å². The summed E-state index contributed by atoms with van der Waals surface area (Å²) in [6, 6.07) is 55.7. The van der Waals surface area contributed by atoms with Crippen LogP contribution in [0.3, 0.4) is 0 Å². The molecule has 12 rings (SSSR count).